The molecule has 0 aliphatic carbocycles. The molecule has 0 amide bonds. The Bertz CT molecular complexity index is 1060. The second-order valence-corrected chi connectivity index (χ2v) is 9.43. The zero-order valence-electron chi connectivity index (χ0n) is 18.4. The van der Waals surface area contributed by atoms with Gasteiger partial charge < -0.3 is 23.7 Å². The summed E-state index contributed by atoms with van der Waals surface area (Å²) in [6.07, 6.45) is -5.83. The molecule has 0 aromatic heterocycles. The minimum atomic E-state index is -4.23. The number of esters is 1. The highest BCUT2D eigenvalue weighted by Gasteiger charge is 2.54. The van der Waals surface area contributed by atoms with Crippen molar-refractivity contribution in [3.63, 3.8) is 0 Å². The Morgan fingerprint density at radius 1 is 1.00 bits per heavy atom. The van der Waals surface area contributed by atoms with Crippen LogP contribution in [0.4, 0.5) is 0 Å². The Morgan fingerprint density at radius 3 is 2.33 bits per heavy atom. The van der Waals surface area contributed by atoms with Crippen molar-refractivity contribution >= 4 is 16.1 Å². The van der Waals surface area contributed by atoms with Crippen LogP contribution in [0.15, 0.2) is 59.5 Å². The Kier molecular flexibility index (Phi) is 7.13. The number of carbonyl (C=O) groups is 1. The second-order valence-electron chi connectivity index (χ2n) is 7.86. The van der Waals surface area contributed by atoms with E-state index in [4.69, 9.17) is 27.9 Å². The lowest BCUT2D eigenvalue weighted by molar-refractivity contribution is -0.355. The average molecular weight is 479 g/mol. The molecule has 33 heavy (non-hydrogen) atoms. The maximum atomic E-state index is 13.0. The number of benzene rings is 2. The minimum Gasteiger partial charge on any atom is -0.457 e. The third-order valence-electron chi connectivity index (χ3n) is 5.44. The molecule has 2 aromatic carbocycles. The number of fused-ring (bicyclic) bond motifs is 1. The van der Waals surface area contributed by atoms with Gasteiger partial charge in [0.15, 0.2) is 24.8 Å². The molecule has 2 aromatic rings. The number of aryl methyl sites for hydroxylation is 1. The van der Waals surface area contributed by atoms with Crippen molar-refractivity contribution in [1.29, 1.82) is 0 Å². The van der Waals surface area contributed by atoms with Gasteiger partial charge in [-0.3, -0.25) is 8.98 Å². The van der Waals surface area contributed by atoms with Gasteiger partial charge in [0.05, 0.1) is 11.5 Å². The molecule has 0 unspecified atom stereocenters. The molecular formula is C23H26O9S. The lowest BCUT2D eigenvalue weighted by atomic mass is 9.97. The first-order valence-electron chi connectivity index (χ1n) is 10.5. The summed E-state index contributed by atoms with van der Waals surface area (Å²) in [5.74, 6) is -0.622. The maximum Gasteiger partial charge on any atom is 0.303 e. The molecule has 178 valence electrons. The van der Waals surface area contributed by atoms with Crippen molar-refractivity contribution in [3.8, 4) is 0 Å². The first-order chi connectivity index (χ1) is 15.8. The first-order valence-corrected chi connectivity index (χ1v) is 11.9. The summed E-state index contributed by atoms with van der Waals surface area (Å²) in [5, 5.41) is 0. The van der Waals surface area contributed by atoms with Crippen LogP contribution >= 0.6 is 0 Å². The van der Waals surface area contributed by atoms with Gasteiger partial charge in [-0.1, -0.05) is 48.0 Å². The van der Waals surface area contributed by atoms with Crippen molar-refractivity contribution in [2.75, 3.05) is 13.7 Å². The number of methoxy groups -OCH3 is 1. The fourth-order valence-electron chi connectivity index (χ4n) is 3.85. The van der Waals surface area contributed by atoms with Gasteiger partial charge in [-0.25, -0.2) is 0 Å². The van der Waals surface area contributed by atoms with Crippen LogP contribution in [-0.4, -0.2) is 58.8 Å². The molecule has 2 heterocycles. The zero-order chi connectivity index (χ0) is 23.6. The summed E-state index contributed by atoms with van der Waals surface area (Å²) in [6, 6.07) is 15.4. The Morgan fingerprint density at radius 2 is 1.70 bits per heavy atom. The quantitative estimate of drug-likeness (QED) is 0.457. The number of hydrogen-bond donors (Lipinski definition) is 0. The van der Waals surface area contributed by atoms with Crippen molar-refractivity contribution in [2.45, 2.75) is 55.7 Å². The molecule has 0 N–H and O–H groups in total. The van der Waals surface area contributed by atoms with Gasteiger partial charge in [0, 0.05) is 19.6 Å². The van der Waals surface area contributed by atoms with Crippen molar-refractivity contribution in [1.82, 2.24) is 0 Å². The van der Waals surface area contributed by atoms with Gasteiger partial charge in [0.2, 0.25) is 0 Å². The lowest BCUT2D eigenvalue weighted by Crippen LogP contribution is -2.64. The molecule has 2 aliphatic rings. The molecule has 9 nitrogen and oxygen atoms in total. The minimum absolute atomic E-state index is 0.0401. The van der Waals surface area contributed by atoms with E-state index in [0.717, 1.165) is 11.1 Å². The van der Waals surface area contributed by atoms with E-state index in [0.29, 0.717) is 0 Å². The number of ether oxygens (including phenoxy) is 5. The van der Waals surface area contributed by atoms with Gasteiger partial charge in [-0.2, -0.15) is 8.42 Å². The first kappa shape index (κ1) is 23.8. The summed E-state index contributed by atoms with van der Waals surface area (Å²) >= 11 is 0. The van der Waals surface area contributed by atoms with Crippen molar-refractivity contribution in [3.05, 3.63) is 65.7 Å². The SMILES string of the molecule is CO[C@H]1O[C@@H]2CO[C@H](c3ccccc3)O[C@@H]2[C@H](OC(C)=O)[C@H]1OS(=O)(=O)c1ccc(C)cc1. The van der Waals surface area contributed by atoms with E-state index >= 15 is 0 Å². The van der Waals surface area contributed by atoms with Crippen LogP contribution in [0.2, 0.25) is 0 Å². The molecule has 6 atom stereocenters. The fourth-order valence-corrected chi connectivity index (χ4v) is 4.92. The topological polar surface area (TPSA) is 107 Å². The van der Waals surface area contributed by atoms with E-state index in [-0.39, 0.29) is 11.5 Å². The van der Waals surface area contributed by atoms with Gasteiger partial charge in [0.1, 0.15) is 12.2 Å². The largest absolute Gasteiger partial charge is 0.457 e. The molecule has 2 saturated heterocycles. The van der Waals surface area contributed by atoms with E-state index in [1.165, 1.54) is 26.2 Å². The summed E-state index contributed by atoms with van der Waals surface area (Å²) < 4.78 is 60.2. The molecule has 2 fully saturated rings. The van der Waals surface area contributed by atoms with Crippen LogP contribution in [-0.2, 0) is 42.8 Å². The molecule has 2 aliphatic heterocycles. The fraction of sp³-hybridized carbons (Fsp3) is 0.435. The lowest BCUT2D eigenvalue weighted by Gasteiger charge is -2.47. The Balaban J connectivity index is 1.64. The standard InChI is InChI=1S/C23H26O9S/c1-14-9-11-17(12-10-14)33(25,26)32-21-20(29-15(2)24)19-18(30-23(21)27-3)13-28-22(31-19)16-7-5-4-6-8-16/h4-12,18-23H,13H2,1-3H3/t18-,19+,20+,21-,22+,23+/m1/s1. The van der Waals surface area contributed by atoms with E-state index < -0.39 is 53.1 Å². The summed E-state index contributed by atoms with van der Waals surface area (Å²) in [5.41, 5.74) is 1.66. The Labute approximate surface area is 192 Å². The van der Waals surface area contributed by atoms with Crippen LogP contribution in [0.5, 0.6) is 0 Å². The highest BCUT2D eigenvalue weighted by atomic mass is 32.2. The van der Waals surface area contributed by atoms with Crippen LogP contribution in [0.1, 0.15) is 24.3 Å². The van der Waals surface area contributed by atoms with Crippen LogP contribution in [0.25, 0.3) is 0 Å². The van der Waals surface area contributed by atoms with Crippen LogP contribution in [0.3, 0.4) is 0 Å². The summed E-state index contributed by atoms with van der Waals surface area (Å²) in [6.45, 7) is 3.20. The molecular weight excluding hydrogens is 452 g/mol. The summed E-state index contributed by atoms with van der Waals surface area (Å²) in [4.78, 5) is 11.9. The number of carbonyl (C=O) groups excluding carboxylic acids is 1. The van der Waals surface area contributed by atoms with Gasteiger partial charge in [-0.15, -0.1) is 0 Å². The molecule has 10 heteroatoms. The van der Waals surface area contributed by atoms with Crippen LogP contribution in [0, 0.1) is 6.92 Å². The second kappa shape index (κ2) is 9.88. The van der Waals surface area contributed by atoms with Gasteiger partial charge in [-0.05, 0) is 19.1 Å². The van der Waals surface area contributed by atoms with Gasteiger partial charge >= 0.3 is 5.97 Å². The van der Waals surface area contributed by atoms with Crippen molar-refractivity contribution in [2.24, 2.45) is 0 Å². The van der Waals surface area contributed by atoms with E-state index in [2.05, 4.69) is 0 Å². The van der Waals surface area contributed by atoms with E-state index in [1.807, 2.05) is 37.3 Å². The predicted molar refractivity (Wildman–Crippen MR) is 114 cm³/mol. The third-order valence-corrected chi connectivity index (χ3v) is 6.76. The molecule has 0 radical (unpaired) electrons. The van der Waals surface area contributed by atoms with E-state index in [1.54, 1.807) is 12.1 Å². The normalized spacial score (nSPS) is 29.8. The van der Waals surface area contributed by atoms with Gasteiger partial charge in [0.25, 0.3) is 10.1 Å². The number of hydrogen-bond acceptors (Lipinski definition) is 9. The maximum absolute atomic E-state index is 13.0. The molecule has 0 saturated carbocycles. The smallest absolute Gasteiger partial charge is 0.303 e. The zero-order valence-corrected chi connectivity index (χ0v) is 19.3. The predicted octanol–water partition coefficient (Wildman–Crippen LogP) is 2.49. The summed E-state index contributed by atoms with van der Waals surface area (Å²) in [7, 11) is -2.88. The molecule has 0 spiro atoms. The van der Waals surface area contributed by atoms with Crippen molar-refractivity contribution < 1.29 is 41.1 Å². The Hall–Kier alpha value is -2.34. The molecule has 4 rings (SSSR count). The monoisotopic (exact) mass is 478 g/mol. The highest BCUT2D eigenvalue weighted by molar-refractivity contribution is 7.86. The third kappa shape index (κ3) is 5.26. The number of rotatable bonds is 6. The highest BCUT2D eigenvalue weighted by Crippen LogP contribution is 2.37. The van der Waals surface area contributed by atoms with Crippen LogP contribution < -0.4 is 0 Å². The van der Waals surface area contributed by atoms with E-state index in [9.17, 15) is 13.2 Å². The average Bonchev–Trinajstić information content (AvgIpc) is 2.80. The molecule has 0 bridgehead atoms.